The van der Waals surface area contributed by atoms with Crippen LogP contribution in [-0.2, 0) is 0 Å². The predicted molar refractivity (Wildman–Crippen MR) is 77.8 cm³/mol. The first kappa shape index (κ1) is 13.9. The van der Waals surface area contributed by atoms with Gasteiger partial charge in [0, 0.05) is 18.4 Å². The number of anilines is 1. The van der Waals surface area contributed by atoms with Crippen molar-refractivity contribution in [1.82, 2.24) is 4.98 Å². The molecule has 0 spiro atoms. The molecular formula is C16H23N3. The van der Waals surface area contributed by atoms with E-state index in [4.69, 9.17) is 5.26 Å². The second-order valence-corrected chi connectivity index (χ2v) is 6.20. The van der Waals surface area contributed by atoms with E-state index >= 15 is 0 Å². The van der Waals surface area contributed by atoms with Crippen LogP contribution < -0.4 is 5.32 Å². The quantitative estimate of drug-likeness (QED) is 0.868. The Labute approximate surface area is 116 Å². The highest BCUT2D eigenvalue weighted by atomic mass is 14.9. The number of hydrogen-bond donors (Lipinski definition) is 1. The van der Waals surface area contributed by atoms with Crippen molar-refractivity contribution in [2.24, 2.45) is 11.3 Å². The first-order valence-electron chi connectivity index (χ1n) is 7.24. The van der Waals surface area contributed by atoms with Crippen LogP contribution in [0.4, 0.5) is 5.69 Å². The highest BCUT2D eigenvalue weighted by Crippen LogP contribution is 2.43. The van der Waals surface area contributed by atoms with Crippen LogP contribution in [0, 0.1) is 22.7 Å². The summed E-state index contributed by atoms with van der Waals surface area (Å²) >= 11 is 0. The third-order valence-electron chi connectivity index (χ3n) is 4.05. The van der Waals surface area contributed by atoms with Gasteiger partial charge in [-0.3, -0.25) is 0 Å². The van der Waals surface area contributed by atoms with Crippen LogP contribution in [0.25, 0.3) is 0 Å². The van der Waals surface area contributed by atoms with E-state index < -0.39 is 0 Å². The number of rotatable bonds is 5. The van der Waals surface area contributed by atoms with E-state index in [1.807, 2.05) is 12.1 Å². The van der Waals surface area contributed by atoms with Gasteiger partial charge in [-0.2, -0.15) is 5.26 Å². The minimum atomic E-state index is 0.449. The summed E-state index contributed by atoms with van der Waals surface area (Å²) in [6, 6.07) is 5.86. The predicted octanol–water partition coefficient (Wildman–Crippen LogP) is 3.97. The van der Waals surface area contributed by atoms with E-state index in [9.17, 15) is 0 Å². The summed E-state index contributed by atoms with van der Waals surface area (Å²) in [4.78, 5) is 4.00. The summed E-state index contributed by atoms with van der Waals surface area (Å²) in [7, 11) is 0. The minimum absolute atomic E-state index is 0.449. The fourth-order valence-electron chi connectivity index (χ4n) is 3.34. The van der Waals surface area contributed by atoms with E-state index in [1.165, 1.54) is 32.1 Å². The van der Waals surface area contributed by atoms with E-state index in [2.05, 4.69) is 30.2 Å². The molecule has 0 aliphatic heterocycles. The van der Waals surface area contributed by atoms with Crippen molar-refractivity contribution in [3.63, 3.8) is 0 Å². The molecule has 2 rings (SSSR count). The first-order chi connectivity index (χ1) is 9.13. The second kappa shape index (κ2) is 6.06. The zero-order valence-corrected chi connectivity index (χ0v) is 11.9. The second-order valence-electron chi connectivity index (χ2n) is 6.20. The summed E-state index contributed by atoms with van der Waals surface area (Å²) in [6.07, 6.45) is 8.35. The van der Waals surface area contributed by atoms with E-state index in [1.54, 1.807) is 6.20 Å². The normalized spacial score (nSPS) is 17.4. The number of aromatic nitrogens is 1. The van der Waals surface area contributed by atoms with Crippen molar-refractivity contribution in [1.29, 1.82) is 5.26 Å². The molecule has 0 bridgehead atoms. The lowest BCUT2D eigenvalue weighted by Crippen LogP contribution is -2.28. The van der Waals surface area contributed by atoms with Crippen molar-refractivity contribution < 1.29 is 0 Å². The molecule has 19 heavy (non-hydrogen) atoms. The molecule has 1 aromatic rings. The van der Waals surface area contributed by atoms with Crippen LogP contribution in [0.5, 0.6) is 0 Å². The van der Waals surface area contributed by atoms with Crippen molar-refractivity contribution in [2.75, 3.05) is 11.9 Å². The molecule has 1 aliphatic rings. The SMILES string of the molecule is CC(C)CC1(CNc2ccnc(C#N)c2)CCCC1. The third-order valence-corrected chi connectivity index (χ3v) is 4.05. The van der Waals surface area contributed by atoms with Gasteiger partial charge in [-0.1, -0.05) is 26.7 Å². The van der Waals surface area contributed by atoms with Crippen LogP contribution in [0.15, 0.2) is 18.3 Å². The fraction of sp³-hybridized carbons (Fsp3) is 0.625. The molecule has 1 fully saturated rings. The van der Waals surface area contributed by atoms with Gasteiger partial charge < -0.3 is 5.32 Å². The molecule has 1 aliphatic carbocycles. The molecule has 0 saturated heterocycles. The van der Waals surface area contributed by atoms with E-state index in [0.717, 1.165) is 18.2 Å². The number of nitriles is 1. The lowest BCUT2D eigenvalue weighted by molar-refractivity contribution is 0.252. The molecule has 1 saturated carbocycles. The van der Waals surface area contributed by atoms with Gasteiger partial charge in [-0.15, -0.1) is 0 Å². The maximum absolute atomic E-state index is 8.87. The van der Waals surface area contributed by atoms with Gasteiger partial charge in [0.1, 0.15) is 11.8 Å². The molecule has 102 valence electrons. The Kier molecular flexibility index (Phi) is 4.42. The van der Waals surface area contributed by atoms with Crippen molar-refractivity contribution in [3.8, 4) is 6.07 Å². The molecule has 3 nitrogen and oxygen atoms in total. The Hall–Kier alpha value is -1.56. The molecule has 1 aromatic heterocycles. The molecule has 0 radical (unpaired) electrons. The zero-order valence-electron chi connectivity index (χ0n) is 11.9. The Bertz CT molecular complexity index is 453. The van der Waals surface area contributed by atoms with Crippen LogP contribution >= 0.6 is 0 Å². The summed E-state index contributed by atoms with van der Waals surface area (Å²) in [6.45, 7) is 5.63. The molecule has 0 atom stereocenters. The molecule has 0 unspecified atom stereocenters. The lowest BCUT2D eigenvalue weighted by atomic mass is 9.78. The van der Waals surface area contributed by atoms with Crippen LogP contribution in [-0.4, -0.2) is 11.5 Å². The van der Waals surface area contributed by atoms with Gasteiger partial charge in [-0.25, -0.2) is 4.98 Å². The Morgan fingerprint density at radius 3 is 2.79 bits per heavy atom. The van der Waals surface area contributed by atoms with Crippen molar-refractivity contribution in [2.45, 2.75) is 46.0 Å². The largest absolute Gasteiger partial charge is 0.384 e. The third kappa shape index (κ3) is 3.70. The minimum Gasteiger partial charge on any atom is -0.384 e. The van der Waals surface area contributed by atoms with E-state index in [-0.39, 0.29) is 0 Å². The van der Waals surface area contributed by atoms with Gasteiger partial charge in [-0.05, 0) is 42.7 Å². The summed E-state index contributed by atoms with van der Waals surface area (Å²) in [5.41, 5.74) is 1.94. The highest BCUT2D eigenvalue weighted by molar-refractivity contribution is 5.46. The standard InChI is InChI=1S/C16H23N3/c1-13(2)10-16(6-3-4-7-16)12-19-14-5-8-18-15(9-14)11-17/h5,8-9,13H,3-4,6-7,10,12H2,1-2H3,(H,18,19). The molecule has 1 N–H and O–H groups in total. The van der Waals surface area contributed by atoms with Crippen molar-refractivity contribution >= 4 is 5.69 Å². The zero-order chi connectivity index (χ0) is 13.7. The van der Waals surface area contributed by atoms with Gasteiger partial charge in [0.2, 0.25) is 0 Å². The Morgan fingerprint density at radius 1 is 1.42 bits per heavy atom. The summed E-state index contributed by atoms with van der Waals surface area (Å²) in [5.74, 6) is 0.743. The number of nitrogens with zero attached hydrogens (tertiary/aromatic N) is 2. The van der Waals surface area contributed by atoms with Crippen LogP contribution in [0.1, 0.15) is 51.6 Å². The van der Waals surface area contributed by atoms with Crippen LogP contribution in [0.3, 0.4) is 0 Å². The molecule has 0 amide bonds. The number of hydrogen-bond acceptors (Lipinski definition) is 3. The smallest absolute Gasteiger partial charge is 0.142 e. The van der Waals surface area contributed by atoms with Gasteiger partial charge in [0.25, 0.3) is 0 Å². The molecule has 0 aromatic carbocycles. The van der Waals surface area contributed by atoms with Crippen molar-refractivity contribution in [3.05, 3.63) is 24.0 Å². The van der Waals surface area contributed by atoms with Gasteiger partial charge in [0.05, 0.1) is 0 Å². The summed E-state index contributed by atoms with van der Waals surface area (Å²) < 4.78 is 0. The molecule has 3 heteroatoms. The summed E-state index contributed by atoms with van der Waals surface area (Å²) in [5, 5.41) is 12.4. The average molecular weight is 257 g/mol. The maximum atomic E-state index is 8.87. The van der Waals surface area contributed by atoms with Crippen LogP contribution in [0.2, 0.25) is 0 Å². The fourth-order valence-corrected chi connectivity index (χ4v) is 3.34. The van der Waals surface area contributed by atoms with Gasteiger partial charge >= 0.3 is 0 Å². The molecule has 1 heterocycles. The number of nitrogens with one attached hydrogen (secondary N) is 1. The van der Waals surface area contributed by atoms with E-state index in [0.29, 0.717) is 11.1 Å². The first-order valence-corrected chi connectivity index (χ1v) is 7.24. The monoisotopic (exact) mass is 257 g/mol. The number of pyridine rings is 1. The average Bonchev–Trinajstić information content (AvgIpc) is 2.85. The van der Waals surface area contributed by atoms with Gasteiger partial charge in [0.15, 0.2) is 0 Å². The highest BCUT2D eigenvalue weighted by Gasteiger charge is 2.34. The Morgan fingerprint density at radius 2 is 2.16 bits per heavy atom. The lowest BCUT2D eigenvalue weighted by Gasteiger charge is -2.31. The maximum Gasteiger partial charge on any atom is 0.142 e. The molecular weight excluding hydrogens is 234 g/mol. The topological polar surface area (TPSA) is 48.7 Å². The Balaban J connectivity index is 2.00.